The Kier molecular flexibility index (Phi) is 6.65. The van der Waals surface area contributed by atoms with Crippen LogP contribution in [0.15, 0.2) is 0 Å². The van der Waals surface area contributed by atoms with E-state index >= 15 is 0 Å². The molecule has 1 rings (SSSR count). The molecule has 0 aromatic rings. The standard InChI is InChI=1S/C14H28N2O2/c1-12(2)4-10-18-11-9-16-13(17)14(3)5-7-15-8-6-14/h12,15H,4-11H2,1-3H3,(H,16,17). The van der Waals surface area contributed by atoms with Crippen LogP contribution < -0.4 is 10.6 Å². The van der Waals surface area contributed by atoms with Crippen LogP contribution in [0.5, 0.6) is 0 Å². The monoisotopic (exact) mass is 256 g/mol. The number of carbonyl (C=O) groups excluding carboxylic acids is 1. The zero-order valence-corrected chi connectivity index (χ0v) is 12.1. The van der Waals surface area contributed by atoms with E-state index in [9.17, 15) is 4.79 Å². The summed E-state index contributed by atoms with van der Waals surface area (Å²) >= 11 is 0. The maximum Gasteiger partial charge on any atom is 0.226 e. The molecule has 1 aliphatic rings. The summed E-state index contributed by atoms with van der Waals surface area (Å²) in [4.78, 5) is 12.1. The molecule has 0 radical (unpaired) electrons. The third kappa shape index (κ3) is 5.36. The van der Waals surface area contributed by atoms with Gasteiger partial charge in [0.2, 0.25) is 5.91 Å². The highest BCUT2D eigenvalue weighted by Crippen LogP contribution is 2.27. The van der Waals surface area contributed by atoms with Gasteiger partial charge in [-0.2, -0.15) is 0 Å². The van der Waals surface area contributed by atoms with Gasteiger partial charge in [0.05, 0.1) is 6.61 Å². The van der Waals surface area contributed by atoms with Crippen molar-refractivity contribution in [2.24, 2.45) is 11.3 Å². The molecule has 1 aliphatic heterocycles. The van der Waals surface area contributed by atoms with Crippen molar-refractivity contribution in [3.05, 3.63) is 0 Å². The molecule has 1 heterocycles. The van der Waals surface area contributed by atoms with Crippen molar-refractivity contribution in [2.75, 3.05) is 32.8 Å². The number of carbonyl (C=O) groups is 1. The first-order valence-electron chi connectivity index (χ1n) is 7.11. The van der Waals surface area contributed by atoms with Crippen molar-refractivity contribution in [1.82, 2.24) is 10.6 Å². The Morgan fingerprint density at radius 2 is 2.00 bits per heavy atom. The van der Waals surface area contributed by atoms with Crippen LogP contribution in [0.25, 0.3) is 0 Å². The average molecular weight is 256 g/mol. The number of rotatable bonds is 7. The van der Waals surface area contributed by atoms with Crippen molar-refractivity contribution in [2.45, 2.75) is 40.0 Å². The summed E-state index contributed by atoms with van der Waals surface area (Å²) in [6.07, 6.45) is 2.93. The molecule has 0 unspecified atom stereocenters. The lowest BCUT2D eigenvalue weighted by atomic mass is 9.80. The Hall–Kier alpha value is -0.610. The van der Waals surface area contributed by atoms with E-state index in [-0.39, 0.29) is 11.3 Å². The van der Waals surface area contributed by atoms with E-state index < -0.39 is 0 Å². The van der Waals surface area contributed by atoms with Gasteiger partial charge < -0.3 is 15.4 Å². The van der Waals surface area contributed by atoms with Gasteiger partial charge in [0.1, 0.15) is 0 Å². The van der Waals surface area contributed by atoms with Crippen molar-refractivity contribution >= 4 is 5.91 Å². The van der Waals surface area contributed by atoms with Crippen LogP contribution in [-0.4, -0.2) is 38.8 Å². The van der Waals surface area contributed by atoms with Crippen LogP contribution in [0.4, 0.5) is 0 Å². The fourth-order valence-corrected chi connectivity index (χ4v) is 2.08. The molecular formula is C14H28N2O2. The Balaban J connectivity index is 2.09. The molecule has 1 amide bonds. The van der Waals surface area contributed by atoms with E-state index in [4.69, 9.17) is 4.74 Å². The summed E-state index contributed by atoms with van der Waals surface area (Å²) in [5.74, 6) is 0.852. The van der Waals surface area contributed by atoms with Crippen molar-refractivity contribution in [3.63, 3.8) is 0 Å². The van der Waals surface area contributed by atoms with Crippen molar-refractivity contribution < 1.29 is 9.53 Å². The first kappa shape index (κ1) is 15.4. The molecule has 1 fully saturated rings. The van der Waals surface area contributed by atoms with E-state index in [1.165, 1.54) is 0 Å². The SMILES string of the molecule is CC(C)CCOCCNC(=O)C1(C)CCNCC1. The van der Waals surface area contributed by atoms with E-state index in [1.54, 1.807) is 0 Å². The smallest absolute Gasteiger partial charge is 0.226 e. The molecule has 0 saturated carbocycles. The van der Waals surface area contributed by atoms with Gasteiger partial charge in [0.25, 0.3) is 0 Å². The van der Waals surface area contributed by atoms with Gasteiger partial charge in [0.15, 0.2) is 0 Å². The normalized spacial score (nSPS) is 18.9. The number of nitrogens with one attached hydrogen (secondary N) is 2. The second-order valence-electron chi connectivity index (χ2n) is 5.86. The molecular weight excluding hydrogens is 228 g/mol. The minimum absolute atomic E-state index is 0.177. The lowest BCUT2D eigenvalue weighted by Crippen LogP contribution is -2.46. The molecule has 18 heavy (non-hydrogen) atoms. The van der Waals surface area contributed by atoms with Crippen LogP contribution in [0.1, 0.15) is 40.0 Å². The van der Waals surface area contributed by atoms with Crippen LogP contribution in [0, 0.1) is 11.3 Å². The zero-order valence-electron chi connectivity index (χ0n) is 12.1. The molecule has 2 N–H and O–H groups in total. The highest BCUT2D eigenvalue weighted by atomic mass is 16.5. The molecule has 1 saturated heterocycles. The number of piperidine rings is 1. The van der Waals surface area contributed by atoms with Crippen molar-refractivity contribution in [1.29, 1.82) is 0 Å². The van der Waals surface area contributed by atoms with Gasteiger partial charge in [-0.05, 0) is 38.3 Å². The van der Waals surface area contributed by atoms with Crippen LogP contribution in [0.2, 0.25) is 0 Å². The minimum Gasteiger partial charge on any atom is -0.380 e. The third-order valence-electron chi connectivity index (χ3n) is 3.63. The number of hydrogen-bond acceptors (Lipinski definition) is 3. The lowest BCUT2D eigenvalue weighted by molar-refractivity contribution is -0.131. The maximum absolute atomic E-state index is 12.1. The van der Waals surface area contributed by atoms with Gasteiger partial charge in [-0.3, -0.25) is 4.79 Å². The van der Waals surface area contributed by atoms with Crippen molar-refractivity contribution in [3.8, 4) is 0 Å². The number of amides is 1. The molecule has 4 nitrogen and oxygen atoms in total. The molecule has 4 heteroatoms. The second-order valence-corrected chi connectivity index (χ2v) is 5.86. The van der Waals surface area contributed by atoms with Gasteiger partial charge in [-0.15, -0.1) is 0 Å². The summed E-state index contributed by atoms with van der Waals surface area (Å²) in [6, 6.07) is 0. The molecule has 106 valence electrons. The Labute approximate surface area is 111 Å². The molecule has 0 spiro atoms. The Morgan fingerprint density at radius 3 is 2.61 bits per heavy atom. The van der Waals surface area contributed by atoms with Crippen LogP contribution in [-0.2, 0) is 9.53 Å². The van der Waals surface area contributed by atoms with Crippen LogP contribution in [0.3, 0.4) is 0 Å². The summed E-state index contributed by atoms with van der Waals surface area (Å²) in [7, 11) is 0. The van der Waals surface area contributed by atoms with E-state index in [0.717, 1.165) is 39.0 Å². The third-order valence-corrected chi connectivity index (χ3v) is 3.63. The van der Waals surface area contributed by atoms with Gasteiger partial charge >= 0.3 is 0 Å². The summed E-state index contributed by atoms with van der Waals surface area (Å²) < 4.78 is 5.49. The van der Waals surface area contributed by atoms with E-state index in [0.29, 0.717) is 19.1 Å². The maximum atomic E-state index is 12.1. The lowest BCUT2D eigenvalue weighted by Gasteiger charge is -2.32. The zero-order chi connectivity index (χ0) is 13.4. The highest BCUT2D eigenvalue weighted by molar-refractivity contribution is 5.82. The quantitative estimate of drug-likeness (QED) is 0.680. The van der Waals surface area contributed by atoms with E-state index in [2.05, 4.69) is 31.4 Å². The predicted octanol–water partition coefficient (Wildman–Crippen LogP) is 1.55. The first-order valence-corrected chi connectivity index (χ1v) is 7.11. The first-order chi connectivity index (χ1) is 8.54. The molecule has 0 aromatic heterocycles. The second kappa shape index (κ2) is 7.74. The minimum atomic E-state index is -0.191. The Bertz CT molecular complexity index is 248. The van der Waals surface area contributed by atoms with Gasteiger partial charge in [-0.1, -0.05) is 20.8 Å². The van der Waals surface area contributed by atoms with Gasteiger partial charge in [-0.25, -0.2) is 0 Å². The highest BCUT2D eigenvalue weighted by Gasteiger charge is 2.33. The average Bonchev–Trinajstić information content (AvgIpc) is 2.34. The molecule has 0 atom stereocenters. The number of hydrogen-bond donors (Lipinski definition) is 2. The summed E-state index contributed by atoms with van der Waals surface area (Å²) in [6.45, 7) is 10.3. The number of ether oxygens (including phenoxy) is 1. The Morgan fingerprint density at radius 1 is 1.33 bits per heavy atom. The molecule has 0 aromatic carbocycles. The van der Waals surface area contributed by atoms with Gasteiger partial charge in [0, 0.05) is 18.6 Å². The fraction of sp³-hybridized carbons (Fsp3) is 0.929. The van der Waals surface area contributed by atoms with E-state index in [1.807, 2.05) is 0 Å². The topological polar surface area (TPSA) is 50.4 Å². The summed E-state index contributed by atoms with van der Waals surface area (Å²) in [5, 5.41) is 6.27. The predicted molar refractivity (Wildman–Crippen MR) is 73.5 cm³/mol. The summed E-state index contributed by atoms with van der Waals surface area (Å²) in [5.41, 5.74) is -0.191. The largest absolute Gasteiger partial charge is 0.380 e. The fourth-order valence-electron chi connectivity index (χ4n) is 2.08. The molecule has 0 aliphatic carbocycles. The van der Waals surface area contributed by atoms with Crippen LogP contribution >= 0.6 is 0 Å². The molecule has 0 bridgehead atoms.